The lowest BCUT2D eigenvalue weighted by atomic mass is 10.1. The van der Waals surface area contributed by atoms with Gasteiger partial charge in [-0.25, -0.2) is 0 Å². The molecule has 0 saturated carbocycles. The molecule has 0 spiro atoms. The predicted molar refractivity (Wildman–Crippen MR) is 99.3 cm³/mol. The van der Waals surface area contributed by atoms with Crippen molar-refractivity contribution in [1.82, 2.24) is 0 Å². The Morgan fingerprint density at radius 1 is 1.08 bits per heavy atom. The zero-order valence-corrected chi connectivity index (χ0v) is 15.3. The SMILES string of the molecule is CCOc1ccc(C[NH+](C)[C@H](C)C(=O)Nc2ccc(OC)cc2)cc1. The summed E-state index contributed by atoms with van der Waals surface area (Å²) in [5.41, 5.74) is 1.94. The maximum absolute atomic E-state index is 12.5. The second-order valence-corrected chi connectivity index (χ2v) is 6.04. The Morgan fingerprint density at radius 3 is 2.24 bits per heavy atom. The van der Waals surface area contributed by atoms with Crippen LogP contribution >= 0.6 is 0 Å². The third-order valence-electron chi connectivity index (χ3n) is 4.21. The topological polar surface area (TPSA) is 52.0 Å². The fourth-order valence-corrected chi connectivity index (χ4v) is 2.49. The lowest BCUT2D eigenvalue weighted by molar-refractivity contribution is -0.907. The molecule has 0 aromatic heterocycles. The Morgan fingerprint density at radius 2 is 1.68 bits per heavy atom. The predicted octanol–water partition coefficient (Wildman–Crippen LogP) is 2.14. The standard InChI is InChI=1S/C20H26N2O3/c1-5-25-19-10-6-16(7-11-19)14-22(3)15(2)20(23)21-17-8-12-18(24-4)13-9-17/h6-13,15H,5,14H2,1-4H3,(H,21,23)/p+1/t15-/m1/s1. The number of nitrogens with one attached hydrogen (secondary N) is 2. The molecule has 2 rings (SSSR count). The quantitative estimate of drug-likeness (QED) is 0.772. The van der Waals surface area contributed by atoms with E-state index in [1.54, 1.807) is 7.11 Å². The van der Waals surface area contributed by atoms with E-state index in [9.17, 15) is 4.79 Å². The molecule has 1 amide bonds. The number of ether oxygens (including phenoxy) is 2. The summed E-state index contributed by atoms with van der Waals surface area (Å²) >= 11 is 0. The van der Waals surface area contributed by atoms with Gasteiger partial charge >= 0.3 is 0 Å². The van der Waals surface area contributed by atoms with Gasteiger partial charge in [-0.1, -0.05) is 0 Å². The smallest absolute Gasteiger partial charge is 0.282 e. The van der Waals surface area contributed by atoms with Crippen LogP contribution in [0.25, 0.3) is 0 Å². The molecular weight excluding hydrogens is 316 g/mol. The molecule has 0 aliphatic heterocycles. The number of carbonyl (C=O) groups is 1. The minimum Gasteiger partial charge on any atom is -0.497 e. The number of methoxy groups -OCH3 is 1. The van der Waals surface area contributed by atoms with Crippen molar-refractivity contribution >= 4 is 11.6 Å². The molecule has 0 bridgehead atoms. The van der Waals surface area contributed by atoms with Crippen molar-refractivity contribution in [2.24, 2.45) is 0 Å². The van der Waals surface area contributed by atoms with Crippen LogP contribution in [0.2, 0.25) is 0 Å². The van der Waals surface area contributed by atoms with Crippen molar-refractivity contribution < 1.29 is 19.2 Å². The van der Waals surface area contributed by atoms with E-state index >= 15 is 0 Å². The van der Waals surface area contributed by atoms with E-state index in [1.807, 2.05) is 69.4 Å². The van der Waals surface area contributed by atoms with Crippen LogP contribution in [0.5, 0.6) is 11.5 Å². The molecule has 0 fully saturated rings. The average molecular weight is 343 g/mol. The lowest BCUT2D eigenvalue weighted by Gasteiger charge is -2.21. The summed E-state index contributed by atoms with van der Waals surface area (Å²) in [4.78, 5) is 13.6. The number of hydrogen-bond acceptors (Lipinski definition) is 3. The van der Waals surface area contributed by atoms with E-state index < -0.39 is 0 Å². The first-order valence-electron chi connectivity index (χ1n) is 8.52. The zero-order valence-electron chi connectivity index (χ0n) is 15.3. The van der Waals surface area contributed by atoms with E-state index in [-0.39, 0.29) is 11.9 Å². The minimum absolute atomic E-state index is 0.00592. The molecule has 2 N–H and O–H groups in total. The molecule has 5 heteroatoms. The van der Waals surface area contributed by atoms with Crippen molar-refractivity contribution in [3.05, 3.63) is 54.1 Å². The normalized spacial score (nSPS) is 13.0. The van der Waals surface area contributed by atoms with Gasteiger partial charge in [0.15, 0.2) is 6.04 Å². The van der Waals surface area contributed by atoms with Crippen LogP contribution in [-0.2, 0) is 11.3 Å². The van der Waals surface area contributed by atoms with Crippen LogP contribution in [0.4, 0.5) is 5.69 Å². The van der Waals surface area contributed by atoms with Crippen LogP contribution in [0.15, 0.2) is 48.5 Å². The Kier molecular flexibility index (Phi) is 6.83. The van der Waals surface area contributed by atoms with Crippen LogP contribution in [0.3, 0.4) is 0 Å². The summed E-state index contributed by atoms with van der Waals surface area (Å²) in [5, 5.41) is 2.95. The lowest BCUT2D eigenvalue weighted by Crippen LogP contribution is -3.12. The fraction of sp³-hybridized carbons (Fsp3) is 0.350. The zero-order chi connectivity index (χ0) is 18.2. The molecule has 0 radical (unpaired) electrons. The summed E-state index contributed by atoms with van der Waals surface area (Å²) in [5.74, 6) is 1.63. The number of benzene rings is 2. The number of likely N-dealkylation sites (N-methyl/N-ethyl adjacent to an activating group) is 1. The minimum atomic E-state index is -0.173. The maximum Gasteiger partial charge on any atom is 0.282 e. The molecule has 0 heterocycles. The number of amides is 1. The highest BCUT2D eigenvalue weighted by molar-refractivity contribution is 5.93. The van der Waals surface area contributed by atoms with Gasteiger partial charge < -0.3 is 19.7 Å². The largest absolute Gasteiger partial charge is 0.497 e. The number of carbonyl (C=O) groups excluding carboxylic acids is 1. The average Bonchev–Trinajstić information content (AvgIpc) is 2.63. The van der Waals surface area contributed by atoms with Crippen LogP contribution < -0.4 is 19.7 Å². The van der Waals surface area contributed by atoms with E-state index in [0.29, 0.717) is 6.61 Å². The van der Waals surface area contributed by atoms with E-state index in [1.165, 1.54) is 5.56 Å². The first-order chi connectivity index (χ1) is 12.0. The van der Waals surface area contributed by atoms with Gasteiger partial charge in [0.05, 0.1) is 20.8 Å². The molecule has 25 heavy (non-hydrogen) atoms. The van der Waals surface area contributed by atoms with E-state index in [4.69, 9.17) is 9.47 Å². The maximum atomic E-state index is 12.5. The van der Waals surface area contributed by atoms with Gasteiger partial charge in [0.25, 0.3) is 5.91 Å². The van der Waals surface area contributed by atoms with Gasteiger partial charge in [-0.3, -0.25) is 4.79 Å². The molecular formula is C20H27N2O3+. The molecule has 0 aliphatic rings. The van der Waals surface area contributed by atoms with Gasteiger partial charge in [0.1, 0.15) is 18.0 Å². The number of rotatable bonds is 8. The summed E-state index contributed by atoms with van der Waals surface area (Å²) < 4.78 is 10.6. The van der Waals surface area contributed by atoms with Crippen molar-refractivity contribution in [2.45, 2.75) is 26.4 Å². The Bertz CT molecular complexity index is 668. The molecule has 134 valence electrons. The van der Waals surface area contributed by atoms with Gasteiger partial charge in [-0.15, -0.1) is 0 Å². The second-order valence-electron chi connectivity index (χ2n) is 6.04. The summed E-state index contributed by atoms with van der Waals surface area (Å²) in [7, 11) is 3.64. The number of anilines is 1. The van der Waals surface area contributed by atoms with Gasteiger partial charge in [-0.05, 0) is 62.4 Å². The molecule has 1 unspecified atom stereocenters. The molecule has 2 aromatic carbocycles. The second kappa shape index (κ2) is 9.08. The van der Waals surface area contributed by atoms with E-state index in [2.05, 4.69) is 5.32 Å². The Hall–Kier alpha value is -2.53. The van der Waals surface area contributed by atoms with E-state index in [0.717, 1.165) is 28.6 Å². The number of quaternary nitrogens is 1. The first kappa shape index (κ1) is 18.8. The van der Waals surface area contributed by atoms with Crippen molar-refractivity contribution in [3.63, 3.8) is 0 Å². The Labute approximate surface area is 149 Å². The van der Waals surface area contributed by atoms with Crippen LogP contribution in [0.1, 0.15) is 19.4 Å². The number of hydrogen-bond donors (Lipinski definition) is 2. The van der Waals surface area contributed by atoms with Crippen LogP contribution in [0, 0.1) is 0 Å². The highest BCUT2D eigenvalue weighted by Gasteiger charge is 2.22. The summed E-state index contributed by atoms with van der Waals surface area (Å²) in [6, 6.07) is 15.2. The molecule has 2 aromatic rings. The summed E-state index contributed by atoms with van der Waals surface area (Å²) in [6.07, 6.45) is 0. The highest BCUT2D eigenvalue weighted by Crippen LogP contribution is 2.15. The molecule has 0 saturated heterocycles. The van der Waals surface area contributed by atoms with Crippen molar-refractivity contribution in [2.75, 3.05) is 26.1 Å². The van der Waals surface area contributed by atoms with Gasteiger partial charge in [0, 0.05) is 11.3 Å². The van der Waals surface area contributed by atoms with Gasteiger partial charge in [-0.2, -0.15) is 0 Å². The monoisotopic (exact) mass is 343 g/mol. The molecule has 5 nitrogen and oxygen atoms in total. The summed E-state index contributed by atoms with van der Waals surface area (Å²) in [6.45, 7) is 5.33. The highest BCUT2D eigenvalue weighted by atomic mass is 16.5. The molecule has 0 aliphatic carbocycles. The van der Waals surface area contributed by atoms with Crippen molar-refractivity contribution in [3.8, 4) is 11.5 Å². The Balaban J connectivity index is 1.91. The van der Waals surface area contributed by atoms with Crippen LogP contribution in [-0.4, -0.2) is 32.7 Å². The van der Waals surface area contributed by atoms with Gasteiger partial charge in [0.2, 0.25) is 0 Å². The fourth-order valence-electron chi connectivity index (χ4n) is 2.49. The molecule has 2 atom stereocenters. The third-order valence-corrected chi connectivity index (χ3v) is 4.21. The third kappa shape index (κ3) is 5.50. The van der Waals surface area contributed by atoms with Crippen molar-refractivity contribution in [1.29, 1.82) is 0 Å². The first-order valence-corrected chi connectivity index (χ1v) is 8.52.